The van der Waals surface area contributed by atoms with E-state index in [-0.39, 0.29) is 5.97 Å². The van der Waals surface area contributed by atoms with Gasteiger partial charge < -0.3 is 10.1 Å². The summed E-state index contributed by atoms with van der Waals surface area (Å²) < 4.78 is 4.69. The molecule has 1 N–H and O–H groups in total. The van der Waals surface area contributed by atoms with Gasteiger partial charge in [0.25, 0.3) is 0 Å². The molecular weight excluding hydrogens is 228 g/mol. The zero-order chi connectivity index (χ0) is 13.0. The fourth-order valence-corrected chi connectivity index (χ4v) is 2.27. The van der Waals surface area contributed by atoms with E-state index in [1.54, 1.807) is 18.3 Å². The van der Waals surface area contributed by atoms with Gasteiger partial charge in [0.05, 0.1) is 12.7 Å². The third-order valence-corrected chi connectivity index (χ3v) is 3.56. The lowest BCUT2D eigenvalue weighted by Gasteiger charge is -2.15. The number of pyridine rings is 1. The first-order valence-corrected chi connectivity index (χ1v) is 6.47. The maximum atomic E-state index is 11.4. The molecule has 1 saturated carbocycles. The highest BCUT2D eigenvalue weighted by Gasteiger charge is 2.41. The lowest BCUT2D eigenvalue weighted by atomic mass is 10.0. The second-order valence-corrected chi connectivity index (χ2v) is 5.02. The van der Waals surface area contributed by atoms with Gasteiger partial charge in [0, 0.05) is 12.7 Å². The molecule has 0 amide bonds. The minimum absolute atomic E-state index is 0.324. The van der Waals surface area contributed by atoms with Crippen molar-refractivity contribution in [2.24, 2.45) is 5.41 Å². The number of esters is 1. The fraction of sp³-hybridized carbons (Fsp3) is 0.571. The molecule has 2 rings (SSSR count). The maximum Gasteiger partial charge on any atom is 0.338 e. The Morgan fingerprint density at radius 3 is 2.94 bits per heavy atom. The average molecular weight is 248 g/mol. The number of carbonyl (C=O) groups is 1. The number of hydrogen-bond donors (Lipinski definition) is 1. The predicted octanol–water partition coefficient (Wildman–Crippen LogP) is 2.86. The maximum absolute atomic E-state index is 11.4. The van der Waals surface area contributed by atoms with Crippen molar-refractivity contribution >= 4 is 11.8 Å². The molecule has 1 aliphatic carbocycles. The van der Waals surface area contributed by atoms with Gasteiger partial charge in [-0.05, 0) is 36.8 Å². The zero-order valence-corrected chi connectivity index (χ0v) is 11.0. The van der Waals surface area contributed by atoms with E-state index in [9.17, 15) is 4.79 Å². The zero-order valence-electron chi connectivity index (χ0n) is 11.0. The molecule has 1 fully saturated rings. The van der Waals surface area contributed by atoms with E-state index in [0.29, 0.717) is 11.0 Å². The molecule has 0 aromatic carbocycles. The molecule has 1 aliphatic rings. The van der Waals surface area contributed by atoms with Crippen LogP contribution in [-0.2, 0) is 4.74 Å². The first kappa shape index (κ1) is 12.9. The summed E-state index contributed by atoms with van der Waals surface area (Å²) in [5.41, 5.74) is 1.01. The molecule has 0 saturated heterocycles. The van der Waals surface area contributed by atoms with Crippen molar-refractivity contribution in [1.82, 2.24) is 4.98 Å². The molecule has 98 valence electrons. The minimum atomic E-state index is -0.324. The monoisotopic (exact) mass is 248 g/mol. The van der Waals surface area contributed by atoms with Crippen molar-refractivity contribution in [3.05, 3.63) is 23.9 Å². The Hall–Kier alpha value is -1.58. The van der Waals surface area contributed by atoms with E-state index < -0.39 is 0 Å². The van der Waals surface area contributed by atoms with Gasteiger partial charge in [0.1, 0.15) is 5.82 Å². The predicted molar refractivity (Wildman–Crippen MR) is 70.6 cm³/mol. The third kappa shape index (κ3) is 3.00. The molecule has 0 spiro atoms. The van der Waals surface area contributed by atoms with E-state index >= 15 is 0 Å². The van der Waals surface area contributed by atoms with Crippen LogP contribution in [0.5, 0.6) is 0 Å². The molecule has 0 unspecified atom stereocenters. The number of aromatic nitrogens is 1. The summed E-state index contributed by atoms with van der Waals surface area (Å²) in [5, 5.41) is 3.33. The molecule has 1 aromatic rings. The Balaban J connectivity index is 1.95. The number of methoxy groups -OCH3 is 1. The molecule has 1 heterocycles. The van der Waals surface area contributed by atoms with E-state index in [1.165, 1.54) is 32.8 Å². The summed E-state index contributed by atoms with van der Waals surface area (Å²) in [6.45, 7) is 3.16. The highest BCUT2D eigenvalue weighted by atomic mass is 16.5. The van der Waals surface area contributed by atoms with Gasteiger partial charge >= 0.3 is 5.97 Å². The van der Waals surface area contributed by atoms with Crippen molar-refractivity contribution < 1.29 is 9.53 Å². The van der Waals surface area contributed by atoms with Crippen LogP contribution >= 0.6 is 0 Å². The molecular formula is C14H20N2O2. The van der Waals surface area contributed by atoms with Gasteiger partial charge in [-0.25, -0.2) is 9.78 Å². The molecule has 0 atom stereocenters. The quantitative estimate of drug-likeness (QED) is 0.786. The van der Waals surface area contributed by atoms with Crippen LogP contribution in [0.15, 0.2) is 18.3 Å². The molecule has 0 aliphatic heterocycles. The Labute approximate surface area is 108 Å². The SMILES string of the molecule is CCCC1(CNc2cc(C(=O)OC)ccn2)CC1. The number of nitrogens with zero attached hydrogens (tertiary/aromatic N) is 1. The normalized spacial score (nSPS) is 16.1. The first-order valence-electron chi connectivity index (χ1n) is 6.47. The van der Waals surface area contributed by atoms with Crippen LogP contribution in [0.25, 0.3) is 0 Å². The van der Waals surface area contributed by atoms with Crippen molar-refractivity contribution in [1.29, 1.82) is 0 Å². The number of rotatable bonds is 6. The number of anilines is 1. The number of ether oxygens (including phenoxy) is 1. The second kappa shape index (κ2) is 5.38. The Kier molecular flexibility index (Phi) is 3.84. The van der Waals surface area contributed by atoms with Crippen LogP contribution in [0, 0.1) is 5.41 Å². The Bertz CT molecular complexity index is 428. The summed E-state index contributed by atoms with van der Waals surface area (Å²) in [6, 6.07) is 3.41. The lowest BCUT2D eigenvalue weighted by molar-refractivity contribution is 0.0600. The van der Waals surface area contributed by atoms with Gasteiger partial charge in [-0.2, -0.15) is 0 Å². The topological polar surface area (TPSA) is 51.2 Å². The summed E-state index contributed by atoms with van der Waals surface area (Å²) in [4.78, 5) is 15.6. The van der Waals surface area contributed by atoms with Crippen LogP contribution in [0.1, 0.15) is 43.0 Å². The van der Waals surface area contributed by atoms with Crippen molar-refractivity contribution in [2.45, 2.75) is 32.6 Å². The average Bonchev–Trinajstić information content (AvgIpc) is 3.17. The van der Waals surface area contributed by atoms with Crippen LogP contribution in [0.2, 0.25) is 0 Å². The minimum Gasteiger partial charge on any atom is -0.465 e. The first-order chi connectivity index (χ1) is 8.69. The molecule has 18 heavy (non-hydrogen) atoms. The number of carbonyl (C=O) groups excluding carboxylic acids is 1. The van der Waals surface area contributed by atoms with E-state index in [4.69, 9.17) is 4.74 Å². The van der Waals surface area contributed by atoms with E-state index in [0.717, 1.165) is 12.4 Å². The van der Waals surface area contributed by atoms with Gasteiger partial charge in [-0.1, -0.05) is 13.3 Å². The Morgan fingerprint density at radius 2 is 2.33 bits per heavy atom. The molecule has 4 nitrogen and oxygen atoms in total. The van der Waals surface area contributed by atoms with Crippen molar-refractivity contribution in [3.63, 3.8) is 0 Å². The largest absolute Gasteiger partial charge is 0.465 e. The van der Waals surface area contributed by atoms with Gasteiger partial charge in [0.2, 0.25) is 0 Å². The van der Waals surface area contributed by atoms with E-state index in [2.05, 4.69) is 17.2 Å². The van der Waals surface area contributed by atoms with Crippen LogP contribution < -0.4 is 5.32 Å². The summed E-state index contributed by atoms with van der Waals surface area (Å²) in [6.07, 6.45) is 6.71. The highest BCUT2D eigenvalue weighted by Crippen LogP contribution is 2.49. The van der Waals surface area contributed by atoms with Crippen LogP contribution in [-0.4, -0.2) is 24.6 Å². The second-order valence-electron chi connectivity index (χ2n) is 5.02. The van der Waals surface area contributed by atoms with Gasteiger partial charge in [-0.15, -0.1) is 0 Å². The smallest absolute Gasteiger partial charge is 0.338 e. The lowest BCUT2D eigenvalue weighted by Crippen LogP contribution is -2.16. The molecule has 0 bridgehead atoms. The van der Waals surface area contributed by atoms with Gasteiger partial charge in [0.15, 0.2) is 0 Å². The standard InChI is InChI=1S/C14H20N2O2/c1-3-5-14(6-7-14)10-16-12-9-11(4-8-15-12)13(17)18-2/h4,8-9H,3,5-7,10H2,1-2H3,(H,15,16). The highest BCUT2D eigenvalue weighted by molar-refractivity contribution is 5.89. The van der Waals surface area contributed by atoms with Crippen LogP contribution in [0.4, 0.5) is 5.82 Å². The molecule has 4 heteroatoms. The summed E-state index contributed by atoms with van der Waals surface area (Å²) in [7, 11) is 1.39. The summed E-state index contributed by atoms with van der Waals surface area (Å²) >= 11 is 0. The Morgan fingerprint density at radius 1 is 1.56 bits per heavy atom. The fourth-order valence-electron chi connectivity index (χ4n) is 2.27. The van der Waals surface area contributed by atoms with Crippen molar-refractivity contribution in [3.8, 4) is 0 Å². The number of nitrogens with one attached hydrogen (secondary N) is 1. The van der Waals surface area contributed by atoms with Gasteiger partial charge in [-0.3, -0.25) is 0 Å². The van der Waals surface area contributed by atoms with Crippen molar-refractivity contribution in [2.75, 3.05) is 19.0 Å². The molecule has 1 aromatic heterocycles. The van der Waals surface area contributed by atoms with Crippen LogP contribution in [0.3, 0.4) is 0 Å². The third-order valence-electron chi connectivity index (χ3n) is 3.56. The number of hydrogen-bond acceptors (Lipinski definition) is 4. The van der Waals surface area contributed by atoms with E-state index in [1.807, 2.05) is 0 Å². The summed E-state index contributed by atoms with van der Waals surface area (Å²) in [5.74, 6) is 0.426. The molecule has 0 radical (unpaired) electrons.